The minimum Gasteiger partial charge on any atom is -0.490 e. The van der Waals surface area contributed by atoms with Crippen molar-refractivity contribution in [1.29, 1.82) is 0 Å². The van der Waals surface area contributed by atoms with Crippen molar-refractivity contribution in [1.82, 2.24) is 4.90 Å². The van der Waals surface area contributed by atoms with E-state index in [1.165, 1.54) is 29.3 Å². The molecular formula is C34H45ClN2O4. The number of rotatable bonds is 11. The fourth-order valence-corrected chi connectivity index (χ4v) is 6.47. The summed E-state index contributed by atoms with van der Waals surface area (Å²) in [5.41, 5.74) is 5.14. The van der Waals surface area contributed by atoms with Crippen molar-refractivity contribution in [2.75, 3.05) is 38.2 Å². The first-order valence-electron chi connectivity index (χ1n) is 15.0. The molecule has 1 amide bonds. The summed E-state index contributed by atoms with van der Waals surface area (Å²) in [5, 5.41) is 10.7. The molecule has 0 bridgehead atoms. The second-order valence-corrected chi connectivity index (χ2v) is 12.4. The number of aliphatic hydroxyl groups excluding tert-OH is 1. The van der Waals surface area contributed by atoms with Crippen LogP contribution in [0.3, 0.4) is 0 Å². The first-order valence-corrected chi connectivity index (χ1v) is 15.3. The van der Waals surface area contributed by atoms with Gasteiger partial charge in [0.25, 0.3) is 0 Å². The summed E-state index contributed by atoms with van der Waals surface area (Å²) < 4.78 is 6.52. The lowest BCUT2D eigenvalue weighted by Gasteiger charge is -2.41. The van der Waals surface area contributed by atoms with Crippen LogP contribution in [0.4, 0.5) is 5.69 Å². The van der Waals surface area contributed by atoms with Gasteiger partial charge >= 0.3 is 0 Å². The number of halogens is 1. The fraction of sp³-hybridized carbons (Fsp3) is 0.529. The van der Waals surface area contributed by atoms with Gasteiger partial charge in [0.2, 0.25) is 5.91 Å². The molecule has 1 N–H and O–H groups in total. The van der Waals surface area contributed by atoms with Crippen LogP contribution in [0.15, 0.2) is 48.6 Å². The number of ketones is 1. The van der Waals surface area contributed by atoms with Crippen molar-refractivity contribution < 1.29 is 19.4 Å². The Labute approximate surface area is 250 Å². The molecular weight excluding hydrogens is 536 g/mol. The molecule has 1 aliphatic heterocycles. The van der Waals surface area contributed by atoms with Crippen LogP contribution in [0.1, 0.15) is 69.1 Å². The zero-order valence-corrected chi connectivity index (χ0v) is 25.8. The van der Waals surface area contributed by atoms with Gasteiger partial charge in [-0.25, -0.2) is 0 Å². The number of likely N-dealkylation sites (N-methyl/N-ethyl adjacent to an activating group) is 1. The minimum absolute atomic E-state index is 0.0464. The standard InChI is InChI=1S/C34H45ClN2O4/c1-24-13-16-31-30(20-24)37(22-34(23-41-31)17-11-12-27-21-28(35)14-15-29(27)34)19-10-8-6-5-7-9-18-36(4)33(40)25(2)32(39)26(3)38/h7,9,13-16,20-21,25,32,39H,5-6,8,10-12,17-19,22-23H2,1-4H3/b9-7-/t25-,32?,34+/m1/s1. The Morgan fingerprint density at radius 2 is 1.98 bits per heavy atom. The molecule has 2 aromatic rings. The highest BCUT2D eigenvalue weighted by atomic mass is 35.5. The number of carbonyl (C=O) groups excluding carboxylic acids is 2. The second-order valence-electron chi connectivity index (χ2n) is 12.0. The number of allylic oxidation sites excluding steroid dienone is 1. The van der Waals surface area contributed by atoms with E-state index in [1.54, 1.807) is 18.9 Å². The SMILES string of the molecule is CC(=O)C(O)[C@@H](C)C(=O)N(C)C/C=C\CCCCCN1C[C@@]2(CCCc3cc(Cl)ccc32)COc2ccc(C)cc21. The smallest absolute Gasteiger partial charge is 0.228 e. The number of benzene rings is 2. The lowest BCUT2D eigenvalue weighted by atomic mass is 9.70. The lowest BCUT2D eigenvalue weighted by molar-refractivity contribution is -0.142. The molecule has 4 rings (SSSR count). The molecule has 41 heavy (non-hydrogen) atoms. The van der Waals surface area contributed by atoms with E-state index >= 15 is 0 Å². The first-order chi connectivity index (χ1) is 19.6. The van der Waals surface area contributed by atoms with Crippen LogP contribution in [-0.2, 0) is 21.4 Å². The third-order valence-electron chi connectivity index (χ3n) is 8.69. The van der Waals surface area contributed by atoms with Crippen LogP contribution >= 0.6 is 11.6 Å². The van der Waals surface area contributed by atoms with E-state index in [0.717, 1.165) is 68.8 Å². The topological polar surface area (TPSA) is 70.1 Å². The summed E-state index contributed by atoms with van der Waals surface area (Å²) in [5.74, 6) is -0.371. The Morgan fingerprint density at radius 3 is 2.76 bits per heavy atom. The molecule has 6 nitrogen and oxygen atoms in total. The highest BCUT2D eigenvalue weighted by molar-refractivity contribution is 6.30. The second kappa shape index (κ2) is 13.9. The van der Waals surface area contributed by atoms with E-state index in [-0.39, 0.29) is 17.1 Å². The average Bonchev–Trinajstić information content (AvgIpc) is 3.10. The van der Waals surface area contributed by atoms with E-state index in [2.05, 4.69) is 48.2 Å². The Balaban J connectivity index is 1.32. The third kappa shape index (κ3) is 7.52. The maximum atomic E-state index is 12.4. The molecule has 2 aromatic carbocycles. The quantitative estimate of drug-likeness (QED) is 0.250. The third-order valence-corrected chi connectivity index (χ3v) is 8.93. The van der Waals surface area contributed by atoms with Gasteiger partial charge in [0, 0.05) is 37.1 Å². The van der Waals surface area contributed by atoms with Crippen molar-refractivity contribution in [3.63, 3.8) is 0 Å². The van der Waals surface area contributed by atoms with Crippen molar-refractivity contribution in [2.24, 2.45) is 5.92 Å². The molecule has 1 unspecified atom stereocenters. The van der Waals surface area contributed by atoms with Crippen LogP contribution in [0, 0.1) is 12.8 Å². The summed E-state index contributed by atoms with van der Waals surface area (Å²) in [7, 11) is 1.70. The molecule has 2 aliphatic rings. The number of amides is 1. The van der Waals surface area contributed by atoms with Crippen LogP contribution < -0.4 is 9.64 Å². The number of hydrogen-bond donors (Lipinski definition) is 1. The number of fused-ring (bicyclic) bond motifs is 3. The van der Waals surface area contributed by atoms with Gasteiger partial charge in [0.1, 0.15) is 11.9 Å². The van der Waals surface area contributed by atoms with Gasteiger partial charge in [0.15, 0.2) is 5.78 Å². The number of aliphatic hydroxyl groups is 1. The molecule has 7 heteroatoms. The number of nitrogens with zero attached hydrogens (tertiary/aromatic N) is 2. The van der Waals surface area contributed by atoms with Gasteiger partial charge in [-0.15, -0.1) is 0 Å². The van der Waals surface area contributed by atoms with E-state index in [4.69, 9.17) is 16.3 Å². The van der Waals surface area contributed by atoms with Gasteiger partial charge in [-0.3, -0.25) is 9.59 Å². The van der Waals surface area contributed by atoms with Crippen molar-refractivity contribution >= 4 is 29.0 Å². The Morgan fingerprint density at radius 1 is 1.17 bits per heavy atom. The molecule has 222 valence electrons. The molecule has 0 saturated heterocycles. The largest absolute Gasteiger partial charge is 0.490 e. The molecule has 0 saturated carbocycles. The number of carbonyl (C=O) groups is 2. The fourth-order valence-electron chi connectivity index (χ4n) is 6.28. The van der Waals surface area contributed by atoms with Crippen molar-refractivity contribution in [3.8, 4) is 5.75 Å². The average molecular weight is 581 g/mol. The number of Topliss-reactive ketones (excluding diaryl/α,β-unsaturated/α-hetero) is 1. The highest BCUT2D eigenvalue weighted by Gasteiger charge is 2.41. The molecule has 3 atom stereocenters. The van der Waals surface area contributed by atoms with Crippen LogP contribution in [0.5, 0.6) is 5.75 Å². The van der Waals surface area contributed by atoms with Gasteiger partial charge in [0.05, 0.1) is 18.2 Å². The predicted octanol–water partition coefficient (Wildman–Crippen LogP) is 6.28. The first kappa shape index (κ1) is 31.1. The van der Waals surface area contributed by atoms with Crippen molar-refractivity contribution in [3.05, 3.63) is 70.3 Å². The normalized spacial score (nSPS) is 19.7. The van der Waals surface area contributed by atoms with Gasteiger partial charge in [-0.1, -0.05) is 49.2 Å². The number of hydrogen-bond acceptors (Lipinski definition) is 5. The maximum absolute atomic E-state index is 12.4. The summed E-state index contributed by atoms with van der Waals surface area (Å²) in [6.07, 6.45) is 10.4. The number of unbranched alkanes of at least 4 members (excludes halogenated alkanes) is 3. The van der Waals surface area contributed by atoms with Gasteiger partial charge in [-0.05, 0) is 93.3 Å². The van der Waals surface area contributed by atoms with Crippen LogP contribution in [-0.4, -0.2) is 61.1 Å². The minimum atomic E-state index is -1.25. The Hall–Kier alpha value is -2.83. The van der Waals surface area contributed by atoms with Gasteiger partial charge in [-0.2, -0.15) is 0 Å². The Kier molecular flexibility index (Phi) is 10.5. The molecule has 0 aromatic heterocycles. The number of ether oxygens (including phenoxy) is 1. The van der Waals surface area contributed by atoms with E-state index in [1.807, 2.05) is 12.1 Å². The molecule has 1 spiro atoms. The predicted molar refractivity (Wildman–Crippen MR) is 166 cm³/mol. The Bertz CT molecular complexity index is 1260. The summed E-state index contributed by atoms with van der Waals surface area (Å²) in [4.78, 5) is 27.9. The lowest BCUT2D eigenvalue weighted by Crippen LogP contribution is -2.46. The summed E-state index contributed by atoms with van der Waals surface area (Å²) in [6, 6.07) is 12.9. The van der Waals surface area contributed by atoms with Crippen LogP contribution in [0.2, 0.25) is 5.02 Å². The van der Waals surface area contributed by atoms with Gasteiger partial charge < -0.3 is 19.6 Å². The van der Waals surface area contributed by atoms with Crippen LogP contribution in [0.25, 0.3) is 0 Å². The van der Waals surface area contributed by atoms with Crippen molar-refractivity contribution in [2.45, 2.75) is 77.2 Å². The summed E-state index contributed by atoms with van der Waals surface area (Å²) >= 11 is 6.36. The molecule has 0 fully saturated rings. The monoisotopic (exact) mass is 580 g/mol. The zero-order chi connectivity index (χ0) is 29.6. The highest BCUT2D eigenvalue weighted by Crippen LogP contribution is 2.44. The molecule has 0 radical (unpaired) electrons. The number of aryl methyl sites for hydroxylation is 2. The number of anilines is 1. The van der Waals surface area contributed by atoms with E-state index in [9.17, 15) is 14.7 Å². The molecule has 1 heterocycles. The molecule has 1 aliphatic carbocycles. The zero-order valence-electron chi connectivity index (χ0n) is 25.0. The van der Waals surface area contributed by atoms with E-state index < -0.39 is 12.0 Å². The maximum Gasteiger partial charge on any atom is 0.228 e. The summed E-state index contributed by atoms with van der Waals surface area (Å²) in [6.45, 7) is 8.10. The van der Waals surface area contributed by atoms with E-state index in [0.29, 0.717) is 13.2 Å².